The molecule has 1 aromatic rings. The summed E-state index contributed by atoms with van der Waals surface area (Å²) < 4.78 is 10.9. The van der Waals surface area contributed by atoms with Gasteiger partial charge in [-0.25, -0.2) is 4.79 Å². The summed E-state index contributed by atoms with van der Waals surface area (Å²) in [4.78, 5) is 11.1. The van der Waals surface area contributed by atoms with Gasteiger partial charge in [-0.2, -0.15) is 0 Å². The molecule has 0 bridgehead atoms. The first-order valence-corrected chi connectivity index (χ1v) is 12.0. The van der Waals surface area contributed by atoms with E-state index in [1.165, 1.54) is 38.5 Å². The summed E-state index contributed by atoms with van der Waals surface area (Å²) in [5, 5.41) is 19.7. The van der Waals surface area contributed by atoms with Crippen molar-refractivity contribution in [1.82, 2.24) is 0 Å². The number of hydrogen-bond acceptors (Lipinski definition) is 4. The molecule has 0 aliphatic rings. The van der Waals surface area contributed by atoms with Crippen LogP contribution < -0.4 is 9.47 Å². The zero-order valence-electron chi connectivity index (χ0n) is 19.3. The molecule has 0 heterocycles. The summed E-state index contributed by atoms with van der Waals surface area (Å²) in [5.74, 6) is 0.572. The van der Waals surface area contributed by atoms with E-state index in [9.17, 15) is 9.90 Å². The van der Waals surface area contributed by atoms with Gasteiger partial charge in [0.25, 0.3) is 0 Å². The van der Waals surface area contributed by atoms with Gasteiger partial charge in [-0.15, -0.1) is 0 Å². The number of aromatic hydroxyl groups is 1. The van der Waals surface area contributed by atoms with Gasteiger partial charge in [-0.3, -0.25) is 0 Å². The topological polar surface area (TPSA) is 76.0 Å². The molecule has 0 unspecified atom stereocenters. The molecule has 2 N–H and O–H groups in total. The maximum Gasteiger partial charge on any atom is 0.511 e. The quantitative estimate of drug-likeness (QED) is 0.153. The Kier molecular flexibility index (Phi) is 13.8. The number of carbonyl (C=O) groups is 1. The van der Waals surface area contributed by atoms with Crippen LogP contribution in [0.25, 0.3) is 0 Å². The summed E-state index contributed by atoms with van der Waals surface area (Å²) in [6.07, 6.45) is 13.9. The van der Waals surface area contributed by atoms with E-state index < -0.39 is 6.16 Å². The van der Waals surface area contributed by atoms with Crippen LogP contribution >= 0.6 is 0 Å². The van der Waals surface area contributed by atoms with E-state index in [0.717, 1.165) is 56.1 Å². The van der Waals surface area contributed by atoms with Crippen LogP contribution in [0.3, 0.4) is 0 Å². The van der Waals surface area contributed by atoms with Crippen LogP contribution in [0.5, 0.6) is 17.2 Å². The second-order valence-corrected chi connectivity index (χ2v) is 8.08. The lowest BCUT2D eigenvalue weighted by atomic mass is 9.95. The standard InChI is InChI=1S/C25H42O5/c1-4-7-10-11-12-13-14-15-18-29-22-19-23(30-25(27)28)24(26)21(17-9-6-3)20(22)16-8-5-2/h19,26H,4-18H2,1-3H3,(H,27,28). The lowest BCUT2D eigenvalue weighted by Gasteiger charge is -2.19. The van der Waals surface area contributed by atoms with Crippen LogP contribution in [0.4, 0.5) is 4.79 Å². The van der Waals surface area contributed by atoms with Gasteiger partial charge < -0.3 is 19.7 Å². The minimum atomic E-state index is -1.43. The van der Waals surface area contributed by atoms with Crippen LogP contribution in [0.15, 0.2) is 6.07 Å². The summed E-state index contributed by atoms with van der Waals surface area (Å²) in [5.41, 5.74) is 1.77. The first kappa shape index (κ1) is 26.1. The molecule has 5 heteroatoms. The second-order valence-electron chi connectivity index (χ2n) is 8.08. The van der Waals surface area contributed by atoms with E-state index in [0.29, 0.717) is 18.8 Å². The number of ether oxygens (including phenoxy) is 2. The minimum Gasteiger partial charge on any atom is -0.504 e. The van der Waals surface area contributed by atoms with Gasteiger partial charge >= 0.3 is 6.16 Å². The number of unbranched alkanes of at least 4 members (excludes halogenated alkanes) is 9. The van der Waals surface area contributed by atoms with E-state index in [1.807, 2.05) is 0 Å². The van der Waals surface area contributed by atoms with Gasteiger partial charge in [0.15, 0.2) is 11.5 Å². The van der Waals surface area contributed by atoms with Crippen LogP contribution in [0.1, 0.15) is 109 Å². The molecular formula is C25H42O5. The highest BCUT2D eigenvalue weighted by atomic mass is 16.7. The van der Waals surface area contributed by atoms with E-state index >= 15 is 0 Å². The highest BCUT2D eigenvalue weighted by Crippen LogP contribution is 2.41. The fraction of sp³-hybridized carbons (Fsp3) is 0.720. The van der Waals surface area contributed by atoms with Crippen molar-refractivity contribution in [3.8, 4) is 17.2 Å². The first-order chi connectivity index (χ1) is 14.5. The number of carboxylic acid groups (broad SMARTS) is 1. The van der Waals surface area contributed by atoms with Gasteiger partial charge in [-0.05, 0) is 32.1 Å². The maximum atomic E-state index is 11.1. The molecule has 0 fully saturated rings. The molecule has 1 rings (SSSR count). The van der Waals surface area contributed by atoms with Crippen LogP contribution in [0, 0.1) is 0 Å². The lowest BCUT2D eigenvalue weighted by Crippen LogP contribution is -2.08. The van der Waals surface area contributed by atoms with Crippen molar-refractivity contribution < 1.29 is 24.5 Å². The summed E-state index contributed by atoms with van der Waals surface area (Å²) in [6.45, 7) is 7.06. The molecular weight excluding hydrogens is 380 g/mol. The number of benzene rings is 1. The number of phenols is 1. The van der Waals surface area contributed by atoms with Crippen molar-refractivity contribution in [2.45, 2.75) is 111 Å². The lowest BCUT2D eigenvalue weighted by molar-refractivity contribution is 0.142. The summed E-state index contributed by atoms with van der Waals surface area (Å²) in [7, 11) is 0. The van der Waals surface area contributed by atoms with Crippen molar-refractivity contribution in [1.29, 1.82) is 0 Å². The molecule has 0 radical (unpaired) electrons. The largest absolute Gasteiger partial charge is 0.511 e. The molecule has 0 amide bonds. The molecule has 172 valence electrons. The van der Waals surface area contributed by atoms with Gasteiger partial charge in [0.1, 0.15) is 5.75 Å². The predicted octanol–water partition coefficient (Wildman–Crippen LogP) is 7.65. The van der Waals surface area contributed by atoms with E-state index in [4.69, 9.17) is 14.6 Å². The minimum absolute atomic E-state index is 0.0280. The summed E-state index contributed by atoms with van der Waals surface area (Å²) >= 11 is 0. The Balaban J connectivity index is 2.82. The van der Waals surface area contributed by atoms with Crippen molar-refractivity contribution in [2.24, 2.45) is 0 Å². The summed E-state index contributed by atoms with van der Waals surface area (Å²) in [6, 6.07) is 1.55. The van der Waals surface area contributed by atoms with Gasteiger partial charge in [0.2, 0.25) is 0 Å². The Morgan fingerprint density at radius 3 is 1.87 bits per heavy atom. The molecule has 0 atom stereocenters. The average molecular weight is 423 g/mol. The molecule has 0 saturated carbocycles. The number of hydrogen-bond donors (Lipinski definition) is 2. The third-order valence-electron chi connectivity index (χ3n) is 5.46. The molecule has 1 aromatic carbocycles. The van der Waals surface area contributed by atoms with Crippen molar-refractivity contribution in [3.05, 3.63) is 17.2 Å². The van der Waals surface area contributed by atoms with Crippen molar-refractivity contribution in [2.75, 3.05) is 6.61 Å². The Morgan fingerprint density at radius 1 is 0.767 bits per heavy atom. The zero-order chi connectivity index (χ0) is 22.2. The van der Waals surface area contributed by atoms with Gasteiger partial charge in [0.05, 0.1) is 6.61 Å². The SMILES string of the molecule is CCCCCCCCCCOc1cc(OC(=O)O)c(O)c(CCCC)c1CCCC. The Labute approximate surface area is 182 Å². The molecule has 30 heavy (non-hydrogen) atoms. The fourth-order valence-electron chi connectivity index (χ4n) is 3.68. The predicted molar refractivity (Wildman–Crippen MR) is 122 cm³/mol. The molecule has 0 spiro atoms. The van der Waals surface area contributed by atoms with Gasteiger partial charge in [0, 0.05) is 17.2 Å². The van der Waals surface area contributed by atoms with Gasteiger partial charge in [-0.1, -0.05) is 78.6 Å². The monoisotopic (exact) mass is 422 g/mol. The third-order valence-corrected chi connectivity index (χ3v) is 5.46. The third kappa shape index (κ3) is 9.73. The fourth-order valence-corrected chi connectivity index (χ4v) is 3.68. The van der Waals surface area contributed by atoms with Crippen LogP contribution in [-0.4, -0.2) is 23.0 Å². The Hall–Kier alpha value is -1.91. The molecule has 0 aromatic heterocycles. The highest BCUT2D eigenvalue weighted by Gasteiger charge is 2.21. The molecule has 5 nitrogen and oxygen atoms in total. The molecule has 0 saturated heterocycles. The zero-order valence-corrected chi connectivity index (χ0v) is 19.3. The first-order valence-electron chi connectivity index (χ1n) is 12.0. The van der Waals surface area contributed by atoms with Crippen molar-refractivity contribution >= 4 is 6.16 Å². The maximum absolute atomic E-state index is 11.1. The van der Waals surface area contributed by atoms with E-state index in [1.54, 1.807) is 6.07 Å². The van der Waals surface area contributed by atoms with Crippen molar-refractivity contribution in [3.63, 3.8) is 0 Å². The van der Waals surface area contributed by atoms with E-state index in [-0.39, 0.29) is 11.5 Å². The molecule has 0 aliphatic carbocycles. The van der Waals surface area contributed by atoms with E-state index in [2.05, 4.69) is 20.8 Å². The van der Waals surface area contributed by atoms with Crippen LogP contribution in [0.2, 0.25) is 0 Å². The second kappa shape index (κ2) is 15.9. The smallest absolute Gasteiger partial charge is 0.504 e. The molecule has 0 aliphatic heterocycles. The highest BCUT2D eigenvalue weighted by molar-refractivity contribution is 5.66. The number of phenolic OH excluding ortho intramolecular Hbond substituents is 1. The normalized spacial score (nSPS) is 10.9. The average Bonchev–Trinajstić information content (AvgIpc) is 2.72. The Morgan fingerprint density at radius 2 is 1.30 bits per heavy atom. The Bertz CT molecular complexity index is 612. The number of rotatable bonds is 17. The van der Waals surface area contributed by atoms with Crippen LogP contribution in [-0.2, 0) is 12.8 Å².